The Hall–Kier alpha value is -2.93. The molecule has 2 heterocycles. The van der Waals surface area contributed by atoms with Crippen LogP contribution in [0.15, 0.2) is 48.8 Å². The van der Waals surface area contributed by atoms with E-state index in [9.17, 15) is 9.59 Å². The highest BCUT2D eigenvalue weighted by Crippen LogP contribution is 2.46. The van der Waals surface area contributed by atoms with Crippen LogP contribution >= 0.6 is 0 Å². The number of hydrogen-bond donors (Lipinski definition) is 0. The lowest BCUT2D eigenvalue weighted by molar-refractivity contribution is -0.150. The maximum Gasteiger partial charge on any atom is 0.311 e. The van der Waals surface area contributed by atoms with E-state index in [1.807, 2.05) is 54.4 Å². The van der Waals surface area contributed by atoms with Gasteiger partial charge in [-0.25, -0.2) is 0 Å². The second-order valence-corrected chi connectivity index (χ2v) is 9.41. The molecule has 1 aromatic heterocycles. The number of benzene rings is 1. The fraction of sp³-hybridized carbons (Fsp3) is 0.552. The highest BCUT2D eigenvalue weighted by molar-refractivity contribution is 5.79. The summed E-state index contributed by atoms with van der Waals surface area (Å²) in [5.41, 5.74) is 1.96. The zero-order valence-corrected chi connectivity index (χ0v) is 22.2. The molecule has 0 saturated carbocycles. The van der Waals surface area contributed by atoms with E-state index in [0.717, 1.165) is 55.6 Å². The highest BCUT2D eigenvalue weighted by atomic mass is 16.5. The molecule has 0 radical (unpaired) electrons. The molecule has 3 rings (SSSR count). The molecule has 1 amide bonds. The second-order valence-electron chi connectivity index (χ2n) is 9.41. The summed E-state index contributed by atoms with van der Waals surface area (Å²) < 4.78 is 10.9. The Kier molecular flexibility index (Phi) is 10.7. The van der Waals surface area contributed by atoms with Gasteiger partial charge in [0.25, 0.3) is 0 Å². The van der Waals surface area contributed by atoms with Crippen molar-refractivity contribution >= 4 is 11.9 Å². The molecule has 1 saturated heterocycles. The number of likely N-dealkylation sites (tertiary alicyclic amines) is 1. The number of esters is 1. The van der Waals surface area contributed by atoms with Gasteiger partial charge in [-0.2, -0.15) is 0 Å². The first-order valence-electron chi connectivity index (χ1n) is 13.3. The van der Waals surface area contributed by atoms with Gasteiger partial charge in [0.2, 0.25) is 5.91 Å². The third kappa shape index (κ3) is 6.84. The quantitative estimate of drug-likeness (QED) is 0.370. The lowest BCUT2D eigenvalue weighted by Crippen LogP contribution is -2.42. The average molecular weight is 496 g/mol. The van der Waals surface area contributed by atoms with Gasteiger partial charge in [-0.1, -0.05) is 44.9 Å². The van der Waals surface area contributed by atoms with Gasteiger partial charge in [0.15, 0.2) is 0 Å². The van der Waals surface area contributed by atoms with E-state index in [0.29, 0.717) is 13.2 Å². The topological polar surface area (TPSA) is 72.0 Å². The van der Waals surface area contributed by atoms with Crippen molar-refractivity contribution in [1.29, 1.82) is 0 Å². The largest absolute Gasteiger partial charge is 0.497 e. The van der Waals surface area contributed by atoms with Crippen molar-refractivity contribution in [3.05, 3.63) is 59.9 Å². The first kappa shape index (κ1) is 27.7. The molecule has 7 nitrogen and oxygen atoms in total. The first-order valence-corrected chi connectivity index (χ1v) is 13.3. The number of ether oxygens (including phenoxy) is 2. The molecule has 7 heteroatoms. The second kappa shape index (κ2) is 14.0. The van der Waals surface area contributed by atoms with Crippen LogP contribution in [0.3, 0.4) is 0 Å². The number of rotatable bonds is 13. The number of nitrogens with zero attached hydrogens (tertiary/aromatic N) is 3. The van der Waals surface area contributed by atoms with E-state index in [-0.39, 0.29) is 30.4 Å². The Bertz CT molecular complexity index is 943. The SMILES string of the molecule is CCCCN(CCCC)C(=O)CN1C[C@H](c2cccnc2)[C@@H](C(=O)OCC)[C@@H]1c1ccc(OC)cc1. The van der Waals surface area contributed by atoms with Gasteiger partial charge in [0.05, 0.1) is 26.2 Å². The molecule has 0 bridgehead atoms. The summed E-state index contributed by atoms with van der Waals surface area (Å²) in [5, 5.41) is 0. The summed E-state index contributed by atoms with van der Waals surface area (Å²) >= 11 is 0. The average Bonchev–Trinajstić information content (AvgIpc) is 3.28. The minimum atomic E-state index is -0.449. The van der Waals surface area contributed by atoms with Crippen LogP contribution in [0.1, 0.15) is 69.5 Å². The normalized spacial score (nSPS) is 19.7. The molecule has 0 aliphatic carbocycles. The molecule has 0 spiro atoms. The zero-order chi connectivity index (χ0) is 25.9. The van der Waals surface area contributed by atoms with Gasteiger partial charge in [-0.05, 0) is 49.1 Å². The van der Waals surface area contributed by atoms with Crippen LogP contribution in [0.5, 0.6) is 5.75 Å². The zero-order valence-electron chi connectivity index (χ0n) is 22.2. The van der Waals surface area contributed by atoms with Gasteiger partial charge in [-0.15, -0.1) is 0 Å². The molecule has 0 N–H and O–H groups in total. The molecule has 1 aliphatic heterocycles. The number of aromatic nitrogens is 1. The van der Waals surface area contributed by atoms with Crippen LogP contribution in [0.4, 0.5) is 0 Å². The van der Waals surface area contributed by atoms with Gasteiger partial charge >= 0.3 is 5.97 Å². The molecule has 1 fully saturated rings. The summed E-state index contributed by atoms with van der Waals surface area (Å²) in [6.45, 7) is 8.80. The summed E-state index contributed by atoms with van der Waals surface area (Å²) in [4.78, 5) is 35.4. The van der Waals surface area contributed by atoms with Gasteiger partial charge in [-0.3, -0.25) is 19.5 Å². The third-order valence-corrected chi connectivity index (χ3v) is 6.98. The standard InChI is InChI=1S/C29H41N3O4/c1-5-8-17-31(18-9-6-2)26(33)21-32-20-25(23-11-10-16-30-19-23)27(29(34)36-7-3)28(32)22-12-14-24(35-4)15-13-22/h10-16,19,25,27-28H,5-9,17-18,20-21H2,1-4H3/t25-,27-,28+/m1/s1. The molecule has 3 atom stereocenters. The maximum atomic E-state index is 13.6. The van der Waals surface area contributed by atoms with Crippen LogP contribution in [0.25, 0.3) is 0 Å². The van der Waals surface area contributed by atoms with Crippen molar-refractivity contribution in [3.63, 3.8) is 0 Å². The molecular weight excluding hydrogens is 454 g/mol. The van der Waals surface area contributed by atoms with Crippen LogP contribution in [-0.2, 0) is 14.3 Å². The predicted octanol–water partition coefficient (Wildman–Crippen LogP) is 4.84. The first-order chi connectivity index (χ1) is 17.5. The number of amides is 1. The molecular formula is C29H41N3O4. The summed E-state index contributed by atoms with van der Waals surface area (Å²) in [7, 11) is 1.64. The lowest BCUT2D eigenvalue weighted by atomic mass is 9.83. The predicted molar refractivity (Wildman–Crippen MR) is 141 cm³/mol. The molecule has 1 aliphatic rings. The highest BCUT2D eigenvalue weighted by Gasteiger charge is 2.48. The van der Waals surface area contributed by atoms with Crippen LogP contribution in [0.2, 0.25) is 0 Å². The van der Waals surface area contributed by atoms with E-state index in [1.54, 1.807) is 13.3 Å². The van der Waals surface area contributed by atoms with Gasteiger partial charge in [0.1, 0.15) is 5.75 Å². The Labute approximate surface area is 215 Å². The Morgan fingerprint density at radius 3 is 2.28 bits per heavy atom. The van der Waals surface area contributed by atoms with E-state index in [1.165, 1.54) is 0 Å². The maximum absolute atomic E-state index is 13.6. The number of unbranched alkanes of at least 4 members (excludes halogenated alkanes) is 2. The monoisotopic (exact) mass is 495 g/mol. The fourth-order valence-corrected chi connectivity index (χ4v) is 5.08. The van der Waals surface area contributed by atoms with Crippen molar-refractivity contribution in [2.75, 3.05) is 39.9 Å². The Morgan fingerprint density at radius 1 is 1.03 bits per heavy atom. The number of carbonyl (C=O) groups is 2. The number of methoxy groups -OCH3 is 1. The molecule has 196 valence electrons. The minimum absolute atomic E-state index is 0.116. The molecule has 1 aromatic carbocycles. The Morgan fingerprint density at radius 2 is 1.72 bits per heavy atom. The van der Waals surface area contributed by atoms with E-state index >= 15 is 0 Å². The summed E-state index contributed by atoms with van der Waals surface area (Å²) in [5.74, 6) is 0.0504. The molecule has 36 heavy (non-hydrogen) atoms. The lowest BCUT2D eigenvalue weighted by Gasteiger charge is -2.30. The molecule has 0 unspecified atom stereocenters. The Balaban J connectivity index is 1.98. The summed E-state index contributed by atoms with van der Waals surface area (Å²) in [6.07, 6.45) is 7.62. The van der Waals surface area contributed by atoms with Crippen molar-refractivity contribution in [2.24, 2.45) is 5.92 Å². The van der Waals surface area contributed by atoms with Crippen molar-refractivity contribution in [2.45, 2.75) is 58.4 Å². The van der Waals surface area contributed by atoms with E-state index < -0.39 is 5.92 Å². The van der Waals surface area contributed by atoms with Gasteiger partial charge in [0, 0.05) is 44.0 Å². The van der Waals surface area contributed by atoms with Crippen molar-refractivity contribution in [3.8, 4) is 5.75 Å². The van der Waals surface area contributed by atoms with Crippen molar-refractivity contribution in [1.82, 2.24) is 14.8 Å². The van der Waals surface area contributed by atoms with E-state index in [2.05, 4.69) is 23.7 Å². The van der Waals surface area contributed by atoms with E-state index in [4.69, 9.17) is 9.47 Å². The van der Waals surface area contributed by atoms with Crippen LogP contribution in [-0.4, -0.2) is 66.6 Å². The van der Waals surface area contributed by atoms with Gasteiger partial charge < -0.3 is 14.4 Å². The smallest absolute Gasteiger partial charge is 0.311 e. The van der Waals surface area contributed by atoms with Crippen molar-refractivity contribution < 1.29 is 19.1 Å². The van der Waals surface area contributed by atoms with Crippen LogP contribution < -0.4 is 4.74 Å². The fourth-order valence-electron chi connectivity index (χ4n) is 5.08. The summed E-state index contributed by atoms with van der Waals surface area (Å²) in [6, 6.07) is 11.4. The third-order valence-electron chi connectivity index (χ3n) is 6.98. The van der Waals surface area contributed by atoms with Crippen LogP contribution in [0, 0.1) is 5.92 Å². The minimum Gasteiger partial charge on any atom is -0.497 e. The number of hydrogen-bond acceptors (Lipinski definition) is 6. The number of pyridine rings is 1. The number of carbonyl (C=O) groups excluding carboxylic acids is 2. The molecule has 2 aromatic rings.